The molecule has 0 atom stereocenters. The molecule has 0 fully saturated rings. The molecule has 25 heavy (non-hydrogen) atoms. The largest absolute Gasteiger partial charge is 0.497 e. The van der Waals surface area contributed by atoms with E-state index in [0.717, 1.165) is 33.5 Å². The lowest BCUT2D eigenvalue weighted by atomic mass is 10.0. The number of nitrogens with one attached hydrogen (secondary N) is 1. The van der Waals surface area contributed by atoms with E-state index in [9.17, 15) is 10.2 Å². The van der Waals surface area contributed by atoms with Crippen molar-refractivity contribution in [3.8, 4) is 33.9 Å². The highest BCUT2D eigenvalue weighted by atomic mass is 16.5. The maximum atomic E-state index is 9.43. The number of ether oxygens (including phenoxy) is 2. The van der Waals surface area contributed by atoms with Gasteiger partial charge in [-0.15, -0.1) is 0 Å². The van der Waals surface area contributed by atoms with Crippen molar-refractivity contribution in [1.29, 1.82) is 0 Å². The van der Waals surface area contributed by atoms with Crippen molar-refractivity contribution < 1.29 is 19.7 Å². The van der Waals surface area contributed by atoms with Gasteiger partial charge in [0.2, 0.25) is 0 Å². The first kappa shape index (κ1) is 17.1. The molecule has 3 aromatic rings. The van der Waals surface area contributed by atoms with Crippen LogP contribution in [0, 0.1) is 0 Å². The first-order chi connectivity index (χ1) is 12.2. The van der Waals surface area contributed by atoms with E-state index in [1.165, 1.54) is 0 Å². The number of hydrogen-bond acceptors (Lipinski definition) is 4. The summed E-state index contributed by atoms with van der Waals surface area (Å²) in [7, 11) is 3.21. The Morgan fingerprint density at radius 1 is 0.720 bits per heavy atom. The number of benzene rings is 2. The van der Waals surface area contributed by atoms with E-state index in [-0.39, 0.29) is 13.2 Å². The Morgan fingerprint density at radius 2 is 1.28 bits per heavy atom. The molecule has 5 heteroatoms. The van der Waals surface area contributed by atoms with Crippen LogP contribution in [-0.4, -0.2) is 29.4 Å². The molecule has 0 saturated carbocycles. The smallest absolute Gasteiger partial charge is 0.119 e. The summed E-state index contributed by atoms with van der Waals surface area (Å²) in [5.74, 6) is 1.40. The molecular formula is C20H21NO4. The van der Waals surface area contributed by atoms with Crippen LogP contribution in [0.15, 0.2) is 48.7 Å². The van der Waals surface area contributed by atoms with E-state index in [2.05, 4.69) is 4.98 Å². The van der Waals surface area contributed by atoms with Gasteiger partial charge in [0.25, 0.3) is 0 Å². The van der Waals surface area contributed by atoms with Crippen molar-refractivity contribution in [2.75, 3.05) is 14.2 Å². The molecule has 0 aliphatic carbocycles. The van der Waals surface area contributed by atoms with E-state index < -0.39 is 0 Å². The molecule has 0 aliphatic heterocycles. The Balaban J connectivity index is 2.01. The summed E-state index contributed by atoms with van der Waals surface area (Å²) < 4.78 is 10.6. The van der Waals surface area contributed by atoms with Crippen molar-refractivity contribution in [3.05, 3.63) is 59.8 Å². The number of methoxy groups -OCH3 is 2. The van der Waals surface area contributed by atoms with Crippen LogP contribution >= 0.6 is 0 Å². The fourth-order valence-corrected chi connectivity index (χ4v) is 2.79. The lowest BCUT2D eigenvalue weighted by Gasteiger charge is -2.07. The van der Waals surface area contributed by atoms with Crippen molar-refractivity contribution in [1.82, 2.24) is 4.98 Å². The molecule has 0 radical (unpaired) electrons. The van der Waals surface area contributed by atoms with E-state index in [0.29, 0.717) is 11.5 Å². The predicted octanol–water partition coefficient (Wildman–Crippen LogP) is 3.35. The monoisotopic (exact) mass is 339 g/mol. The summed E-state index contributed by atoms with van der Waals surface area (Å²) in [6, 6.07) is 13.3. The summed E-state index contributed by atoms with van der Waals surface area (Å²) in [6.07, 6.45) is 1.91. The fourth-order valence-electron chi connectivity index (χ4n) is 2.79. The van der Waals surface area contributed by atoms with Crippen molar-refractivity contribution in [3.63, 3.8) is 0 Å². The zero-order valence-corrected chi connectivity index (χ0v) is 14.2. The molecule has 2 aromatic carbocycles. The normalized spacial score (nSPS) is 10.7. The van der Waals surface area contributed by atoms with Gasteiger partial charge < -0.3 is 24.7 Å². The summed E-state index contributed by atoms with van der Waals surface area (Å²) in [4.78, 5) is 3.26. The zero-order valence-electron chi connectivity index (χ0n) is 14.2. The number of H-pyrrole nitrogens is 1. The average molecular weight is 339 g/mol. The van der Waals surface area contributed by atoms with E-state index in [4.69, 9.17) is 9.47 Å². The van der Waals surface area contributed by atoms with Gasteiger partial charge in [0, 0.05) is 17.5 Å². The molecule has 0 aliphatic rings. The van der Waals surface area contributed by atoms with Crippen LogP contribution in [0.25, 0.3) is 22.4 Å². The Morgan fingerprint density at radius 3 is 1.84 bits per heavy atom. The van der Waals surface area contributed by atoms with Crippen LogP contribution in [0.1, 0.15) is 11.1 Å². The molecule has 3 rings (SSSR count). The molecule has 130 valence electrons. The SMILES string of the molecule is COc1cc(CO)cc(-c2c[nH]c(-c3cc(CO)cc(OC)c3)c2)c1. The molecule has 1 heterocycles. The van der Waals surface area contributed by atoms with Gasteiger partial charge in [0.15, 0.2) is 0 Å². The molecule has 1 aromatic heterocycles. The van der Waals surface area contributed by atoms with Gasteiger partial charge in [0.1, 0.15) is 11.5 Å². The first-order valence-corrected chi connectivity index (χ1v) is 7.93. The molecule has 3 N–H and O–H groups in total. The predicted molar refractivity (Wildman–Crippen MR) is 96.6 cm³/mol. The number of hydrogen-bond donors (Lipinski definition) is 3. The van der Waals surface area contributed by atoms with Crippen molar-refractivity contribution >= 4 is 0 Å². The molecule has 0 bridgehead atoms. The summed E-state index contributed by atoms with van der Waals surface area (Å²) in [5, 5.41) is 18.9. The van der Waals surface area contributed by atoms with Crippen LogP contribution in [0.5, 0.6) is 11.5 Å². The van der Waals surface area contributed by atoms with Gasteiger partial charge in [-0.05, 0) is 64.7 Å². The third-order valence-corrected chi connectivity index (χ3v) is 4.10. The quantitative estimate of drug-likeness (QED) is 0.644. The molecular weight excluding hydrogens is 318 g/mol. The molecule has 0 amide bonds. The minimum atomic E-state index is -0.0481. The summed E-state index contributed by atoms with van der Waals surface area (Å²) >= 11 is 0. The topological polar surface area (TPSA) is 74.7 Å². The minimum Gasteiger partial charge on any atom is -0.497 e. The lowest BCUT2D eigenvalue weighted by molar-refractivity contribution is 0.281. The van der Waals surface area contributed by atoms with Crippen LogP contribution in [-0.2, 0) is 13.2 Å². The highest BCUT2D eigenvalue weighted by Crippen LogP contribution is 2.31. The number of aliphatic hydroxyl groups excluding tert-OH is 2. The van der Waals surface area contributed by atoms with Gasteiger partial charge in [-0.25, -0.2) is 0 Å². The van der Waals surface area contributed by atoms with Gasteiger partial charge in [-0.3, -0.25) is 0 Å². The Labute approximate surface area is 146 Å². The highest BCUT2D eigenvalue weighted by Gasteiger charge is 2.09. The van der Waals surface area contributed by atoms with Crippen molar-refractivity contribution in [2.24, 2.45) is 0 Å². The molecule has 0 unspecified atom stereocenters. The molecule has 0 saturated heterocycles. The second-order valence-corrected chi connectivity index (χ2v) is 5.76. The van der Waals surface area contributed by atoms with Crippen molar-refractivity contribution in [2.45, 2.75) is 13.2 Å². The lowest BCUT2D eigenvalue weighted by Crippen LogP contribution is -1.90. The Hall–Kier alpha value is -2.76. The second kappa shape index (κ2) is 7.42. The zero-order chi connectivity index (χ0) is 17.8. The standard InChI is InChI=1S/C20H21NO4/c1-24-18-5-13(11-22)3-15(7-18)17-9-20(21-10-17)16-4-14(12-23)6-19(8-16)25-2/h3-10,21-23H,11-12H2,1-2H3. The number of aromatic amines is 1. The van der Waals surface area contributed by atoms with E-state index in [1.54, 1.807) is 14.2 Å². The van der Waals surface area contributed by atoms with E-state index >= 15 is 0 Å². The number of rotatable bonds is 6. The maximum absolute atomic E-state index is 9.43. The first-order valence-electron chi connectivity index (χ1n) is 7.93. The Kier molecular flexibility index (Phi) is 5.07. The second-order valence-electron chi connectivity index (χ2n) is 5.76. The fraction of sp³-hybridized carbons (Fsp3) is 0.200. The van der Waals surface area contributed by atoms with Crippen LogP contribution in [0.4, 0.5) is 0 Å². The molecule has 5 nitrogen and oxygen atoms in total. The Bertz CT molecular complexity index is 755. The minimum absolute atomic E-state index is 0.0444. The van der Waals surface area contributed by atoms with Crippen LogP contribution < -0.4 is 9.47 Å². The van der Waals surface area contributed by atoms with Gasteiger partial charge in [-0.1, -0.05) is 0 Å². The van der Waals surface area contributed by atoms with Crippen LogP contribution in [0.3, 0.4) is 0 Å². The summed E-state index contributed by atoms with van der Waals surface area (Å²) in [6.45, 7) is -0.0925. The van der Waals surface area contributed by atoms with Crippen LogP contribution in [0.2, 0.25) is 0 Å². The number of aromatic nitrogens is 1. The van der Waals surface area contributed by atoms with Gasteiger partial charge in [-0.2, -0.15) is 0 Å². The highest BCUT2D eigenvalue weighted by molar-refractivity contribution is 5.73. The summed E-state index contributed by atoms with van der Waals surface area (Å²) in [5.41, 5.74) is 5.36. The third-order valence-electron chi connectivity index (χ3n) is 4.10. The van der Waals surface area contributed by atoms with E-state index in [1.807, 2.05) is 48.7 Å². The third kappa shape index (κ3) is 3.68. The van der Waals surface area contributed by atoms with Gasteiger partial charge >= 0.3 is 0 Å². The average Bonchev–Trinajstić information content (AvgIpc) is 3.17. The number of aliphatic hydroxyl groups is 2. The maximum Gasteiger partial charge on any atom is 0.119 e. The molecule has 0 spiro atoms. The van der Waals surface area contributed by atoms with Gasteiger partial charge in [0.05, 0.1) is 27.4 Å².